The van der Waals surface area contributed by atoms with Crippen molar-refractivity contribution in [3.8, 4) is 6.07 Å². The molecular formula is C15H11IN2O. The van der Waals surface area contributed by atoms with Crippen LogP contribution in [0.15, 0.2) is 48.5 Å². The number of carbonyl (C=O) groups is 1. The molecule has 2 aromatic rings. The van der Waals surface area contributed by atoms with Crippen LogP contribution in [0.1, 0.15) is 15.9 Å². The topological polar surface area (TPSA) is 44.1 Å². The third-order valence-corrected chi connectivity index (χ3v) is 3.48. The Balaban J connectivity index is 2.28. The van der Waals surface area contributed by atoms with Crippen molar-refractivity contribution in [3.63, 3.8) is 0 Å². The first-order chi connectivity index (χ1) is 9.11. The first-order valence-electron chi connectivity index (χ1n) is 5.65. The normalized spacial score (nSPS) is 9.74. The van der Waals surface area contributed by atoms with Gasteiger partial charge in [-0.05, 0) is 65.1 Å². The van der Waals surface area contributed by atoms with Crippen LogP contribution in [0.5, 0.6) is 0 Å². The minimum atomic E-state index is -0.0912. The molecule has 1 amide bonds. The number of hydrogen-bond acceptors (Lipinski definition) is 2. The van der Waals surface area contributed by atoms with Crippen LogP contribution in [0.25, 0.3) is 0 Å². The molecule has 0 aliphatic carbocycles. The Morgan fingerprint density at radius 2 is 1.89 bits per heavy atom. The molecule has 2 rings (SSSR count). The Bertz CT molecular complexity index is 644. The zero-order valence-corrected chi connectivity index (χ0v) is 12.5. The van der Waals surface area contributed by atoms with Crippen molar-refractivity contribution in [2.75, 3.05) is 11.9 Å². The number of amides is 1. The van der Waals surface area contributed by atoms with Gasteiger partial charge in [-0.1, -0.05) is 6.07 Å². The highest BCUT2D eigenvalue weighted by molar-refractivity contribution is 14.1. The summed E-state index contributed by atoms with van der Waals surface area (Å²) in [5, 5.41) is 8.88. The van der Waals surface area contributed by atoms with Crippen molar-refractivity contribution in [1.29, 1.82) is 5.26 Å². The standard InChI is InChI=1S/C15H11IN2O/c1-18(14-4-2-3-11(9-14)10-17)15(19)12-5-7-13(16)8-6-12/h2-9H,1H3. The van der Waals surface area contributed by atoms with Crippen molar-refractivity contribution in [2.45, 2.75) is 0 Å². The van der Waals surface area contributed by atoms with Crippen LogP contribution in [-0.4, -0.2) is 13.0 Å². The van der Waals surface area contributed by atoms with Crippen LogP contribution in [-0.2, 0) is 0 Å². The Kier molecular flexibility index (Phi) is 4.17. The van der Waals surface area contributed by atoms with E-state index in [0.717, 1.165) is 3.57 Å². The van der Waals surface area contributed by atoms with Crippen LogP contribution in [0.4, 0.5) is 5.69 Å². The molecule has 0 aromatic heterocycles. The van der Waals surface area contributed by atoms with Gasteiger partial charge in [-0.3, -0.25) is 4.79 Å². The molecule has 0 unspecified atom stereocenters. The van der Waals surface area contributed by atoms with Crippen LogP contribution in [0.2, 0.25) is 0 Å². The maximum atomic E-state index is 12.3. The van der Waals surface area contributed by atoms with Gasteiger partial charge in [0.05, 0.1) is 11.6 Å². The van der Waals surface area contributed by atoms with Gasteiger partial charge in [0.2, 0.25) is 0 Å². The lowest BCUT2D eigenvalue weighted by Gasteiger charge is -2.17. The second-order valence-corrected chi connectivity index (χ2v) is 5.28. The van der Waals surface area contributed by atoms with Crippen LogP contribution < -0.4 is 4.90 Å². The van der Waals surface area contributed by atoms with Gasteiger partial charge >= 0.3 is 0 Å². The largest absolute Gasteiger partial charge is 0.311 e. The predicted octanol–water partition coefficient (Wildman–Crippen LogP) is 3.44. The first kappa shape index (κ1) is 13.6. The van der Waals surface area contributed by atoms with Crippen molar-refractivity contribution in [3.05, 3.63) is 63.2 Å². The lowest BCUT2D eigenvalue weighted by atomic mass is 10.1. The van der Waals surface area contributed by atoms with Crippen LogP contribution >= 0.6 is 22.6 Å². The molecule has 0 saturated carbocycles. The van der Waals surface area contributed by atoms with Gasteiger partial charge in [0.15, 0.2) is 0 Å². The second kappa shape index (κ2) is 5.85. The van der Waals surface area contributed by atoms with Crippen molar-refractivity contribution < 1.29 is 4.79 Å². The molecule has 0 N–H and O–H groups in total. The molecule has 0 aliphatic rings. The molecule has 2 aromatic carbocycles. The van der Waals surface area contributed by atoms with E-state index in [1.54, 1.807) is 42.3 Å². The molecule has 0 atom stereocenters. The first-order valence-corrected chi connectivity index (χ1v) is 6.73. The molecule has 4 heteroatoms. The fourth-order valence-electron chi connectivity index (χ4n) is 1.69. The van der Waals surface area contributed by atoms with Gasteiger partial charge < -0.3 is 4.90 Å². The van der Waals surface area contributed by atoms with E-state index < -0.39 is 0 Å². The van der Waals surface area contributed by atoms with E-state index in [9.17, 15) is 4.79 Å². The van der Waals surface area contributed by atoms with E-state index in [1.807, 2.05) is 18.2 Å². The third kappa shape index (κ3) is 3.12. The number of nitrogens with zero attached hydrogens (tertiary/aromatic N) is 2. The van der Waals surface area contributed by atoms with Gasteiger partial charge in [0, 0.05) is 21.9 Å². The van der Waals surface area contributed by atoms with Gasteiger partial charge in [-0.25, -0.2) is 0 Å². The molecule has 0 saturated heterocycles. The Labute approximate surface area is 125 Å². The monoisotopic (exact) mass is 362 g/mol. The molecule has 0 radical (unpaired) electrons. The Morgan fingerprint density at radius 3 is 2.53 bits per heavy atom. The highest BCUT2D eigenvalue weighted by Crippen LogP contribution is 2.17. The highest BCUT2D eigenvalue weighted by atomic mass is 127. The number of hydrogen-bond donors (Lipinski definition) is 0. The van der Waals surface area contributed by atoms with Gasteiger partial charge in [0.25, 0.3) is 5.91 Å². The van der Waals surface area contributed by atoms with Gasteiger partial charge in [-0.2, -0.15) is 5.26 Å². The van der Waals surface area contributed by atoms with E-state index in [1.165, 1.54) is 0 Å². The number of nitriles is 1. The molecule has 94 valence electrons. The fraction of sp³-hybridized carbons (Fsp3) is 0.0667. The summed E-state index contributed by atoms with van der Waals surface area (Å²) in [5.74, 6) is -0.0912. The van der Waals surface area contributed by atoms with Crippen LogP contribution in [0.3, 0.4) is 0 Å². The summed E-state index contributed by atoms with van der Waals surface area (Å²) in [6, 6.07) is 16.5. The summed E-state index contributed by atoms with van der Waals surface area (Å²) < 4.78 is 1.09. The quantitative estimate of drug-likeness (QED) is 0.769. The highest BCUT2D eigenvalue weighted by Gasteiger charge is 2.13. The average molecular weight is 362 g/mol. The van der Waals surface area contributed by atoms with E-state index in [2.05, 4.69) is 28.7 Å². The van der Waals surface area contributed by atoms with E-state index in [4.69, 9.17) is 5.26 Å². The number of halogens is 1. The zero-order valence-electron chi connectivity index (χ0n) is 10.3. The third-order valence-electron chi connectivity index (χ3n) is 2.76. The van der Waals surface area contributed by atoms with E-state index in [0.29, 0.717) is 16.8 Å². The number of rotatable bonds is 2. The fourth-order valence-corrected chi connectivity index (χ4v) is 2.05. The van der Waals surface area contributed by atoms with Crippen molar-refractivity contribution in [1.82, 2.24) is 0 Å². The molecule has 0 aliphatic heterocycles. The van der Waals surface area contributed by atoms with Crippen molar-refractivity contribution >= 4 is 34.2 Å². The molecule has 19 heavy (non-hydrogen) atoms. The summed E-state index contributed by atoms with van der Waals surface area (Å²) >= 11 is 2.20. The minimum absolute atomic E-state index is 0.0912. The molecule has 0 spiro atoms. The maximum absolute atomic E-state index is 12.3. The molecular weight excluding hydrogens is 351 g/mol. The zero-order chi connectivity index (χ0) is 13.8. The van der Waals surface area contributed by atoms with Crippen molar-refractivity contribution in [2.24, 2.45) is 0 Å². The lowest BCUT2D eigenvalue weighted by Crippen LogP contribution is -2.26. The Morgan fingerprint density at radius 1 is 1.21 bits per heavy atom. The molecule has 0 bridgehead atoms. The lowest BCUT2D eigenvalue weighted by molar-refractivity contribution is 0.0993. The summed E-state index contributed by atoms with van der Waals surface area (Å²) in [7, 11) is 1.71. The van der Waals surface area contributed by atoms with Gasteiger partial charge in [0.1, 0.15) is 0 Å². The average Bonchev–Trinajstić information content (AvgIpc) is 2.46. The van der Waals surface area contributed by atoms with E-state index >= 15 is 0 Å². The number of carbonyl (C=O) groups excluding carboxylic acids is 1. The summed E-state index contributed by atoms with van der Waals surface area (Å²) in [5.41, 5.74) is 1.88. The molecule has 3 nitrogen and oxygen atoms in total. The summed E-state index contributed by atoms with van der Waals surface area (Å²) in [6.07, 6.45) is 0. The maximum Gasteiger partial charge on any atom is 0.258 e. The smallest absolute Gasteiger partial charge is 0.258 e. The molecule has 0 heterocycles. The SMILES string of the molecule is CN(C(=O)c1ccc(I)cc1)c1cccc(C#N)c1. The molecule has 0 fully saturated rings. The Hall–Kier alpha value is -1.87. The summed E-state index contributed by atoms with van der Waals surface area (Å²) in [4.78, 5) is 13.8. The summed E-state index contributed by atoms with van der Waals surface area (Å²) in [6.45, 7) is 0. The second-order valence-electron chi connectivity index (χ2n) is 4.03. The number of anilines is 1. The number of benzene rings is 2. The predicted molar refractivity (Wildman–Crippen MR) is 83.0 cm³/mol. The minimum Gasteiger partial charge on any atom is -0.311 e. The van der Waals surface area contributed by atoms with E-state index in [-0.39, 0.29) is 5.91 Å². The van der Waals surface area contributed by atoms with Crippen LogP contribution in [0, 0.1) is 14.9 Å². The van der Waals surface area contributed by atoms with Gasteiger partial charge in [-0.15, -0.1) is 0 Å².